The van der Waals surface area contributed by atoms with Crippen molar-refractivity contribution in [2.75, 3.05) is 0 Å². The summed E-state index contributed by atoms with van der Waals surface area (Å²) in [4.78, 5) is 8.41. The third-order valence-corrected chi connectivity index (χ3v) is 5.10. The molecule has 1 heterocycles. The summed E-state index contributed by atoms with van der Waals surface area (Å²) in [5.41, 5.74) is 3.89. The van der Waals surface area contributed by atoms with Gasteiger partial charge in [0.2, 0.25) is 0 Å². The molecule has 22 heavy (non-hydrogen) atoms. The van der Waals surface area contributed by atoms with E-state index in [4.69, 9.17) is 4.98 Å². The van der Waals surface area contributed by atoms with Crippen molar-refractivity contribution < 1.29 is 0 Å². The van der Waals surface area contributed by atoms with Gasteiger partial charge in [0.05, 0.1) is 11.0 Å². The zero-order valence-electron chi connectivity index (χ0n) is 14.4. The van der Waals surface area contributed by atoms with Gasteiger partial charge < -0.3 is 4.98 Å². The Kier molecular flexibility index (Phi) is 4.56. The van der Waals surface area contributed by atoms with Crippen molar-refractivity contribution in [1.29, 1.82) is 0 Å². The van der Waals surface area contributed by atoms with E-state index in [0.29, 0.717) is 0 Å². The van der Waals surface area contributed by atoms with Crippen LogP contribution in [-0.2, 0) is 11.8 Å². The minimum absolute atomic E-state index is 0.193. The first-order valence-corrected chi connectivity index (χ1v) is 9.01. The zero-order valence-corrected chi connectivity index (χ0v) is 14.4. The maximum Gasteiger partial charge on any atom is 0.107 e. The summed E-state index contributed by atoms with van der Waals surface area (Å²) in [6.45, 7) is 6.79. The fourth-order valence-corrected chi connectivity index (χ4v) is 3.64. The summed E-state index contributed by atoms with van der Waals surface area (Å²) >= 11 is 0. The molecule has 0 atom stereocenters. The predicted octanol–water partition coefficient (Wildman–Crippen LogP) is 5.76. The van der Waals surface area contributed by atoms with Gasteiger partial charge in [-0.05, 0) is 29.0 Å². The highest BCUT2D eigenvalue weighted by atomic mass is 14.9. The Morgan fingerprint density at radius 2 is 1.73 bits per heavy atom. The van der Waals surface area contributed by atoms with Crippen molar-refractivity contribution >= 4 is 11.0 Å². The highest BCUT2D eigenvalue weighted by Crippen LogP contribution is 2.27. The van der Waals surface area contributed by atoms with Gasteiger partial charge in [0.1, 0.15) is 5.82 Å². The summed E-state index contributed by atoms with van der Waals surface area (Å²) < 4.78 is 0. The van der Waals surface area contributed by atoms with Gasteiger partial charge in [0.25, 0.3) is 0 Å². The minimum Gasteiger partial charge on any atom is -0.342 e. The molecule has 2 heteroatoms. The molecule has 0 amide bonds. The highest BCUT2D eigenvalue weighted by Gasteiger charge is 2.17. The summed E-state index contributed by atoms with van der Waals surface area (Å²) in [7, 11) is 0. The van der Waals surface area contributed by atoms with Crippen LogP contribution in [0.15, 0.2) is 18.2 Å². The van der Waals surface area contributed by atoms with Crippen molar-refractivity contribution in [2.24, 2.45) is 5.92 Å². The molecule has 1 aliphatic rings. The van der Waals surface area contributed by atoms with E-state index in [1.54, 1.807) is 0 Å². The number of nitrogens with one attached hydrogen (secondary N) is 1. The highest BCUT2D eigenvalue weighted by molar-refractivity contribution is 5.76. The van der Waals surface area contributed by atoms with Crippen LogP contribution >= 0.6 is 0 Å². The lowest BCUT2D eigenvalue weighted by atomic mass is 9.87. The van der Waals surface area contributed by atoms with Gasteiger partial charge in [-0.15, -0.1) is 0 Å². The molecule has 0 aliphatic heterocycles. The third-order valence-electron chi connectivity index (χ3n) is 5.10. The number of imidazole rings is 1. The molecule has 2 nitrogen and oxygen atoms in total. The molecule has 0 spiro atoms. The quantitative estimate of drug-likeness (QED) is 0.749. The lowest BCUT2D eigenvalue weighted by Gasteiger charge is -2.18. The second-order valence-corrected chi connectivity index (χ2v) is 8.08. The number of aromatic nitrogens is 2. The number of aromatic amines is 1. The first-order valence-electron chi connectivity index (χ1n) is 9.01. The topological polar surface area (TPSA) is 28.7 Å². The molecule has 1 saturated carbocycles. The molecule has 0 saturated heterocycles. The minimum atomic E-state index is 0.193. The fourth-order valence-electron chi connectivity index (χ4n) is 3.64. The Hall–Kier alpha value is -1.31. The van der Waals surface area contributed by atoms with E-state index >= 15 is 0 Å². The molecule has 0 bridgehead atoms. The fraction of sp³-hybridized carbons (Fsp3) is 0.650. The van der Waals surface area contributed by atoms with Crippen LogP contribution in [0, 0.1) is 5.92 Å². The Balaban J connectivity index is 1.76. The molecule has 2 aromatic rings. The van der Waals surface area contributed by atoms with Crippen LogP contribution in [0.3, 0.4) is 0 Å². The van der Waals surface area contributed by atoms with Crippen LogP contribution < -0.4 is 0 Å². The van der Waals surface area contributed by atoms with E-state index in [9.17, 15) is 0 Å². The number of H-pyrrole nitrogens is 1. The number of hydrogen-bond donors (Lipinski definition) is 1. The molecule has 0 radical (unpaired) electrons. The Bertz CT molecular complexity index is 610. The zero-order chi connectivity index (χ0) is 15.6. The summed E-state index contributed by atoms with van der Waals surface area (Å²) in [6, 6.07) is 6.68. The second kappa shape index (κ2) is 6.44. The monoisotopic (exact) mass is 298 g/mol. The molecular formula is C20H30N2. The van der Waals surface area contributed by atoms with E-state index < -0.39 is 0 Å². The number of fused-ring (bicyclic) bond motifs is 1. The number of nitrogens with zero attached hydrogens (tertiary/aromatic N) is 1. The lowest BCUT2D eigenvalue weighted by Crippen LogP contribution is -2.10. The number of benzene rings is 1. The van der Waals surface area contributed by atoms with Gasteiger partial charge in [-0.25, -0.2) is 4.98 Å². The van der Waals surface area contributed by atoms with Gasteiger partial charge in [0.15, 0.2) is 0 Å². The van der Waals surface area contributed by atoms with Crippen molar-refractivity contribution in [3.63, 3.8) is 0 Å². The summed E-state index contributed by atoms with van der Waals surface area (Å²) in [6.07, 6.45) is 11.0. The van der Waals surface area contributed by atoms with Crippen LogP contribution in [0.5, 0.6) is 0 Å². The first-order chi connectivity index (χ1) is 10.5. The molecule has 3 rings (SSSR count). The summed E-state index contributed by atoms with van der Waals surface area (Å²) in [5, 5.41) is 0. The predicted molar refractivity (Wildman–Crippen MR) is 94.3 cm³/mol. The molecular weight excluding hydrogens is 268 g/mol. The van der Waals surface area contributed by atoms with Gasteiger partial charge in [0, 0.05) is 6.42 Å². The van der Waals surface area contributed by atoms with Crippen LogP contribution in [0.4, 0.5) is 0 Å². The second-order valence-electron chi connectivity index (χ2n) is 8.08. The van der Waals surface area contributed by atoms with Crippen molar-refractivity contribution in [3.05, 3.63) is 29.6 Å². The molecule has 1 aromatic heterocycles. The van der Waals surface area contributed by atoms with Crippen molar-refractivity contribution in [3.8, 4) is 0 Å². The first kappa shape index (κ1) is 15.6. The van der Waals surface area contributed by atoms with Gasteiger partial charge in [-0.2, -0.15) is 0 Å². The largest absolute Gasteiger partial charge is 0.342 e. The smallest absolute Gasteiger partial charge is 0.107 e. The van der Waals surface area contributed by atoms with Crippen LogP contribution in [0.1, 0.15) is 77.1 Å². The van der Waals surface area contributed by atoms with Gasteiger partial charge >= 0.3 is 0 Å². The molecule has 1 aromatic carbocycles. The van der Waals surface area contributed by atoms with Crippen molar-refractivity contribution in [2.45, 2.75) is 77.6 Å². The Labute approximate surface area is 134 Å². The molecule has 0 unspecified atom stereocenters. The summed E-state index contributed by atoms with van der Waals surface area (Å²) in [5.74, 6) is 2.01. The Morgan fingerprint density at radius 1 is 1.05 bits per heavy atom. The molecule has 1 N–H and O–H groups in total. The SMILES string of the molecule is CC(C)(C)c1ccc2nc(CC3CCCCCCC3)[nH]c2c1. The molecule has 120 valence electrons. The third kappa shape index (κ3) is 3.71. The van der Waals surface area contributed by atoms with E-state index in [2.05, 4.69) is 44.0 Å². The van der Waals surface area contributed by atoms with E-state index in [1.807, 2.05) is 0 Å². The van der Waals surface area contributed by atoms with Gasteiger partial charge in [-0.1, -0.05) is 71.8 Å². The van der Waals surface area contributed by atoms with Crippen molar-refractivity contribution in [1.82, 2.24) is 9.97 Å². The van der Waals surface area contributed by atoms with E-state index in [1.165, 1.54) is 61.9 Å². The average Bonchev–Trinajstić information content (AvgIpc) is 2.82. The number of hydrogen-bond acceptors (Lipinski definition) is 1. The maximum atomic E-state index is 4.83. The van der Waals surface area contributed by atoms with E-state index in [0.717, 1.165) is 17.9 Å². The normalized spacial score (nSPS) is 18.3. The maximum absolute atomic E-state index is 4.83. The molecule has 1 fully saturated rings. The Morgan fingerprint density at radius 3 is 2.41 bits per heavy atom. The van der Waals surface area contributed by atoms with Crippen LogP contribution in [-0.4, -0.2) is 9.97 Å². The van der Waals surface area contributed by atoms with Gasteiger partial charge in [-0.3, -0.25) is 0 Å². The van der Waals surface area contributed by atoms with Crippen LogP contribution in [0.2, 0.25) is 0 Å². The van der Waals surface area contributed by atoms with Crippen LogP contribution in [0.25, 0.3) is 11.0 Å². The molecule has 1 aliphatic carbocycles. The average molecular weight is 298 g/mol. The standard InChI is InChI=1S/C20H30N2/c1-20(2,3)16-11-12-17-18(14-16)22-19(21-17)13-15-9-7-5-4-6-8-10-15/h11-12,14-15H,4-10,13H2,1-3H3,(H,21,22). The number of rotatable bonds is 2. The lowest BCUT2D eigenvalue weighted by molar-refractivity contribution is 0.372. The van der Waals surface area contributed by atoms with E-state index in [-0.39, 0.29) is 5.41 Å².